The van der Waals surface area contributed by atoms with Crippen molar-refractivity contribution in [3.8, 4) is 16.9 Å². The van der Waals surface area contributed by atoms with Crippen LogP contribution in [0.1, 0.15) is 61.2 Å². The lowest BCUT2D eigenvalue weighted by atomic mass is 9.83. The average molecular weight is 577 g/mol. The Morgan fingerprint density at radius 1 is 1.02 bits per heavy atom. The number of nitrogens with zero attached hydrogens (tertiary/aromatic N) is 4. The SMILES string of the molecule is CCOc1ccc(-c2cnc(N(C)C)nc2)cc1CN(C(=O)c1sc2ccccc2c1Cl)C1CCC(CC)CC1. The molecule has 0 aliphatic heterocycles. The maximum atomic E-state index is 14.3. The Labute approximate surface area is 246 Å². The van der Waals surface area contributed by atoms with Crippen molar-refractivity contribution in [3.05, 3.63) is 70.3 Å². The maximum Gasteiger partial charge on any atom is 0.266 e. The van der Waals surface area contributed by atoms with E-state index in [0.29, 0.717) is 29.0 Å². The third kappa shape index (κ3) is 5.96. The Hall–Kier alpha value is -3.16. The third-order valence-corrected chi connectivity index (χ3v) is 9.56. The predicted molar refractivity (Wildman–Crippen MR) is 166 cm³/mol. The van der Waals surface area contributed by atoms with Gasteiger partial charge in [-0.15, -0.1) is 11.3 Å². The standard InChI is InChI=1S/C32H37ClN4O2S/c1-5-21-11-14-25(15-12-21)37(31(38)30-29(33)26-9-7-8-10-28(26)40-30)20-23-17-22(13-16-27(23)39-6-2)24-18-34-32(35-19-24)36(3)4/h7-10,13,16-19,21,25H,5-6,11-12,14-15,20H2,1-4H3. The van der Waals surface area contributed by atoms with Gasteiger partial charge in [0.15, 0.2) is 0 Å². The number of hydrogen-bond donors (Lipinski definition) is 0. The van der Waals surface area contributed by atoms with Gasteiger partial charge >= 0.3 is 0 Å². The van der Waals surface area contributed by atoms with E-state index in [0.717, 1.165) is 64.1 Å². The number of amides is 1. The number of benzene rings is 2. The van der Waals surface area contributed by atoms with Crippen molar-refractivity contribution in [2.75, 3.05) is 25.6 Å². The molecule has 1 aliphatic rings. The quantitative estimate of drug-likeness (QED) is 0.201. The number of hydrogen-bond acceptors (Lipinski definition) is 6. The van der Waals surface area contributed by atoms with Gasteiger partial charge in [0.2, 0.25) is 5.95 Å². The topological polar surface area (TPSA) is 58.6 Å². The van der Waals surface area contributed by atoms with E-state index in [2.05, 4.69) is 27.9 Å². The van der Waals surface area contributed by atoms with Crippen molar-refractivity contribution in [2.45, 2.75) is 58.5 Å². The normalized spacial score (nSPS) is 17.1. The highest BCUT2D eigenvalue weighted by Gasteiger charge is 2.32. The van der Waals surface area contributed by atoms with Gasteiger partial charge in [-0.1, -0.05) is 49.2 Å². The van der Waals surface area contributed by atoms with Crippen LogP contribution >= 0.6 is 22.9 Å². The zero-order valence-corrected chi connectivity index (χ0v) is 25.3. The summed E-state index contributed by atoms with van der Waals surface area (Å²) in [5.41, 5.74) is 2.88. The van der Waals surface area contributed by atoms with Crippen molar-refractivity contribution >= 4 is 44.9 Å². The number of aromatic nitrogens is 2. The molecule has 0 unspecified atom stereocenters. The first kappa shape index (κ1) is 28.4. The molecular formula is C32H37ClN4O2S. The van der Waals surface area contributed by atoms with Gasteiger partial charge < -0.3 is 14.5 Å². The molecule has 0 bridgehead atoms. The Morgan fingerprint density at radius 2 is 1.75 bits per heavy atom. The molecule has 5 rings (SSSR count). The summed E-state index contributed by atoms with van der Waals surface area (Å²) in [6.45, 7) is 5.24. The van der Waals surface area contributed by atoms with E-state index in [-0.39, 0.29) is 11.9 Å². The lowest BCUT2D eigenvalue weighted by Crippen LogP contribution is -2.41. The van der Waals surface area contributed by atoms with Gasteiger partial charge in [-0.3, -0.25) is 4.79 Å². The van der Waals surface area contributed by atoms with E-state index >= 15 is 0 Å². The first-order chi connectivity index (χ1) is 19.4. The third-order valence-electron chi connectivity index (χ3n) is 7.90. The second-order valence-corrected chi connectivity index (χ2v) is 12.1. The van der Waals surface area contributed by atoms with Crippen molar-refractivity contribution in [1.82, 2.24) is 14.9 Å². The molecule has 1 amide bonds. The van der Waals surface area contributed by atoms with Crippen LogP contribution in [0.15, 0.2) is 54.9 Å². The number of halogens is 1. The molecule has 2 aromatic carbocycles. The van der Waals surface area contributed by atoms with Gasteiger partial charge in [-0.2, -0.15) is 0 Å². The van der Waals surface area contributed by atoms with Crippen LogP contribution in [-0.2, 0) is 6.54 Å². The second-order valence-electron chi connectivity index (χ2n) is 10.7. The van der Waals surface area contributed by atoms with Crippen molar-refractivity contribution in [1.29, 1.82) is 0 Å². The summed E-state index contributed by atoms with van der Waals surface area (Å²) < 4.78 is 7.09. The first-order valence-corrected chi connectivity index (χ1v) is 15.3. The monoisotopic (exact) mass is 576 g/mol. The number of anilines is 1. The van der Waals surface area contributed by atoms with Crippen LogP contribution in [0.4, 0.5) is 5.95 Å². The number of carbonyl (C=O) groups is 1. The molecule has 1 aliphatic carbocycles. The van der Waals surface area contributed by atoms with Crippen LogP contribution < -0.4 is 9.64 Å². The van der Waals surface area contributed by atoms with Crippen LogP contribution in [0.5, 0.6) is 5.75 Å². The number of rotatable bonds is 9. The van der Waals surface area contributed by atoms with Gasteiger partial charge in [0.05, 0.1) is 11.6 Å². The zero-order valence-electron chi connectivity index (χ0n) is 23.7. The summed E-state index contributed by atoms with van der Waals surface area (Å²) in [4.78, 5) is 27.8. The molecular weight excluding hydrogens is 540 g/mol. The van der Waals surface area contributed by atoms with Crippen molar-refractivity contribution in [2.24, 2.45) is 5.92 Å². The summed E-state index contributed by atoms with van der Waals surface area (Å²) in [7, 11) is 3.85. The molecule has 0 spiro atoms. The van der Waals surface area contributed by atoms with Gasteiger partial charge in [-0.05, 0) is 62.3 Å². The molecule has 0 N–H and O–H groups in total. The van der Waals surface area contributed by atoms with Crippen LogP contribution in [-0.4, -0.2) is 47.5 Å². The number of thiophene rings is 1. The van der Waals surface area contributed by atoms with Crippen LogP contribution in [0, 0.1) is 5.92 Å². The fraction of sp³-hybridized carbons (Fsp3) is 0.406. The van der Waals surface area contributed by atoms with Gasteiger partial charge in [0, 0.05) is 60.3 Å². The molecule has 8 heteroatoms. The molecule has 4 aromatic rings. The summed E-state index contributed by atoms with van der Waals surface area (Å²) in [5.74, 6) is 2.18. The van der Waals surface area contributed by atoms with Crippen LogP contribution in [0.25, 0.3) is 21.2 Å². The van der Waals surface area contributed by atoms with E-state index in [1.165, 1.54) is 17.8 Å². The molecule has 1 fully saturated rings. The molecule has 210 valence electrons. The summed E-state index contributed by atoms with van der Waals surface area (Å²) in [5, 5.41) is 1.49. The van der Waals surface area contributed by atoms with E-state index < -0.39 is 0 Å². The molecule has 2 heterocycles. The fourth-order valence-corrected chi connectivity index (χ4v) is 7.05. The van der Waals surface area contributed by atoms with Crippen molar-refractivity contribution in [3.63, 3.8) is 0 Å². The largest absolute Gasteiger partial charge is 0.494 e. The minimum Gasteiger partial charge on any atom is -0.494 e. The molecule has 0 atom stereocenters. The smallest absolute Gasteiger partial charge is 0.266 e. The van der Waals surface area contributed by atoms with E-state index in [1.807, 2.05) is 74.7 Å². The lowest BCUT2D eigenvalue weighted by Gasteiger charge is -2.37. The van der Waals surface area contributed by atoms with E-state index in [4.69, 9.17) is 16.3 Å². The maximum absolute atomic E-state index is 14.3. The number of fused-ring (bicyclic) bond motifs is 1. The van der Waals surface area contributed by atoms with Crippen LogP contribution in [0.3, 0.4) is 0 Å². The van der Waals surface area contributed by atoms with Crippen LogP contribution in [0.2, 0.25) is 5.02 Å². The predicted octanol–water partition coefficient (Wildman–Crippen LogP) is 8.09. The van der Waals surface area contributed by atoms with E-state index in [9.17, 15) is 4.79 Å². The molecule has 40 heavy (non-hydrogen) atoms. The number of ether oxygens (including phenoxy) is 1. The highest BCUT2D eigenvalue weighted by atomic mass is 35.5. The average Bonchev–Trinajstić information content (AvgIpc) is 3.33. The van der Waals surface area contributed by atoms with Gasteiger partial charge in [0.25, 0.3) is 5.91 Å². The zero-order chi connectivity index (χ0) is 28.2. The highest BCUT2D eigenvalue weighted by Crippen LogP contribution is 2.39. The molecule has 0 radical (unpaired) electrons. The minimum absolute atomic E-state index is 0.00216. The van der Waals surface area contributed by atoms with Gasteiger partial charge in [-0.25, -0.2) is 9.97 Å². The molecule has 1 saturated carbocycles. The second kappa shape index (κ2) is 12.6. The molecule has 2 aromatic heterocycles. The Bertz CT molecular complexity index is 1460. The van der Waals surface area contributed by atoms with Crippen molar-refractivity contribution < 1.29 is 9.53 Å². The summed E-state index contributed by atoms with van der Waals surface area (Å²) >= 11 is 8.31. The summed E-state index contributed by atoms with van der Waals surface area (Å²) in [6.07, 6.45) is 9.14. The highest BCUT2D eigenvalue weighted by molar-refractivity contribution is 7.21. The number of carbonyl (C=O) groups excluding carboxylic acids is 1. The Balaban J connectivity index is 1.52. The van der Waals surface area contributed by atoms with E-state index in [1.54, 1.807) is 0 Å². The van der Waals surface area contributed by atoms with Gasteiger partial charge in [0.1, 0.15) is 10.6 Å². The fourth-order valence-electron chi connectivity index (χ4n) is 5.58. The first-order valence-electron chi connectivity index (χ1n) is 14.1. The Kier molecular flexibility index (Phi) is 8.91. The lowest BCUT2D eigenvalue weighted by molar-refractivity contribution is 0.0590. The molecule has 0 saturated heterocycles. The summed E-state index contributed by atoms with van der Waals surface area (Å²) in [6, 6.07) is 14.3. The molecule has 6 nitrogen and oxygen atoms in total. The minimum atomic E-state index is -0.00216. The Morgan fingerprint density at radius 3 is 2.40 bits per heavy atom.